The number of hydrogen-bond donors (Lipinski definition) is 2. The molecule has 3 rings (SSSR count). The van der Waals surface area contributed by atoms with E-state index in [1.54, 1.807) is 54.8 Å². The summed E-state index contributed by atoms with van der Waals surface area (Å²) in [4.78, 5) is 24.3. The van der Waals surface area contributed by atoms with Gasteiger partial charge in [0.1, 0.15) is 5.76 Å². The number of rotatable bonds is 5. The molecule has 0 bridgehead atoms. The number of aryl methyl sites for hydroxylation is 1. The van der Waals surface area contributed by atoms with E-state index in [-0.39, 0.29) is 11.8 Å². The summed E-state index contributed by atoms with van der Waals surface area (Å²) in [5.41, 5.74) is 2.83. The summed E-state index contributed by atoms with van der Waals surface area (Å²) < 4.78 is 5.17. The average molecular weight is 334 g/mol. The van der Waals surface area contributed by atoms with Gasteiger partial charge in [0.05, 0.1) is 12.8 Å². The second-order valence-electron chi connectivity index (χ2n) is 5.66. The van der Waals surface area contributed by atoms with E-state index in [2.05, 4.69) is 10.6 Å². The van der Waals surface area contributed by atoms with E-state index in [0.717, 1.165) is 5.56 Å². The topological polar surface area (TPSA) is 71.3 Å². The molecular formula is C20H18N2O3. The van der Waals surface area contributed by atoms with Crippen molar-refractivity contribution in [3.63, 3.8) is 0 Å². The molecule has 3 aromatic rings. The fourth-order valence-corrected chi connectivity index (χ4v) is 2.30. The lowest BCUT2D eigenvalue weighted by Gasteiger charge is -2.07. The van der Waals surface area contributed by atoms with Gasteiger partial charge in [-0.3, -0.25) is 9.59 Å². The van der Waals surface area contributed by atoms with Gasteiger partial charge in [-0.2, -0.15) is 0 Å². The van der Waals surface area contributed by atoms with Crippen molar-refractivity contribution in [1.29, 1.82) is 0 Å². The van der Waals surface area contributed by atoms with Crippen LogP contribution in [0.5, 0.6) is 0 Å². The monoisotopic (exact) mass is 334 g/mol. The van der Waals surface area contributed by atoms with E-state index in [0.29, 0.717) is 29.1 Å². The molecule has 5 heteroatoms. The maximum Gasteiger partial charge on any atom is 0.255 e. The van der Waals surface area contributed by atoms with E-state index in [4.69, 9.17) is 4.42 Å². The zero-order chi connectivity index (χ0) is 17.6. The van der Waals surface area contributed by atoms with Crippen LogP contribution in [0.4, 0.5) is 5.69 Å². The molecule has 2 N–H and O–H groups in total. The standard InChI is InChI=1S/C20H18N2O3/c1-14-4-6-16(7-5-14)20(24)22-17-10-8-15(9-11-17)19(23)21-13-18-3-2-12-25-18/h2-12H,13H2,1H3,(H,21,23)(H,22,24). The third-order valence-electron chi connectivity index (χ3n) is 3.72. The quantitative estimate of drug-likeness (QED) is 0.746. The molecule has 0 saturated carbocycles. The van der Waals surface area contributed by atoms with Crippen molar-refractivity contribution in [3.05, 3.63) is 89.4 Å². The Morgan fingerprint density at radius 2 is 1.52 bits per heavy atom. The normalized spacial score (nSPS) is 10.3. The van der Waals surface area contributed by atoms with Crippen LogP contribution in [0.1, 0.15) is 32.0 Å². The van der Waals surface area contributed by atoms with Gasteiger partial charge in [0.25, 0.3) is 11.8 Å². The van der Waals surface area contributed by atoms with Gasteiger partial charge in [0.2, 0.25) is 0 Å². The highest BCUT2D eigenvalue weighted by molar-refractivity contribution is 6.04. The fraction of sp³-hybridized carbons (Fsp3) is 0.100. The highest BCUT2D eigenvalue weighted by atomic mass is 16.3. The maximum atomic E-state index is 12.2. The summed E-state index contributed by atoms with van der Waals surface area (Å²) in [5, 5.41) is 5.59. The summed E-state index contributed by atoms with van der Waals surface area (Å²) in [6.45, 7) is 2.30. The number of carbonyl (C=O) groups is 2. The predicted octanol–water partition coefficient (Wildman–Crippen LogP) is 3.77. The largest absolute Gasteiger partial charge is 0.467 e. The van der Waals surface area contributed by atoms with Gasteiger partial charge >= 0.3 is 0 Å². The number of amides is 2. The minimum atomic E-state index is -0.201. The molecule has 0 saturated heterocycles. The number of furan rings is 1. The lowest BCUT2D eigenvalue weighted by molar-refractivity contribution is 0.0947. The SMILES string of the molecule is Cc1ccc(C(=O)Nc2ccc(C(=O)NCc3ccco3)cc2)cc1. The number of nitrogens with one attached hydrogen (secondary N) is 2. The second-order valence-corrected chi connectivity index (χ2v) is 5.66. The van der Waals surface area contributed by atoms with Gasteiger partial charge in [-0.25, -0.2) is 0 Å². The molecule has 1 aromatic heterocycles. The molecule has 0 atom stereocenters. The highest BCUT2D eigenvalue weighted by Crippen LogP contribution is 2.12. The molecule has 2 aromatic carbocycles. The highest BCUT2D eigenvalue weighted by Gasteiger charge is 2.08. The lowest BCUT2D eigenvalue weighted by Crippen LogP contribution is -2.22. The Bertz CT molecular complexity index is 851. The summed E-state index contributed by atoms with van der Waals surface area (Å²) in [6.07, 6.45) is 1.56. The number of hydrogen-bond acceptors (Lipinski definition) is 3. The van der Waals surface area contributed by atoms with Gasteiger partial charge in [0.15, 0.2) is 0 Å². The van der Waals surface area contributed by atoms with Crippen molar-refractivity contribution in [1.82, 2.24) is 5.32 Å². The Balaban J connectivity index is 1.58. The first-order valence-electron chi connectivity index (χ1n) is 7.90. The summed E-state index contributed by atoms with van der Waals surface area (Å²) in [6, 6.07) is 17.6. The number of anilines is 1. The third-order valence-corrected chi connectivity index (χ3v) is 3.72. The molecule has 5 nitrogen and oxygen atoms in total. The Kier molecular flexibility index (Phi) is 4.95. The van der Waals surface area contributed by atoms with Crippen LogP contribution in [0.3, 0.4) is 0 Å². The minimum Gasteiger partial charge on any atom is -0.467 e. The van der Waals surface area contributed by atoms with Crippen LogP contribution in [0, 0.1) is 6.92 Å². The Hall–Kier alpha value is -3.34. The summed E-state index contributed by atoms with van der Waals surface area (Å²) in [5.74, 6) is 0.304. The molecule has 0 aliphatic carbocycles. The van der Waals surface area contributed by atoms with Crippen LogP contribution in [-0.4, -0.2) is 11.8 Å². The van der Waals surface area contributed by atoms with Gasteiger partial charge < -0.3 is 15.1 Å². The van der Waals surface area contributed by atoms with Crippen LogP contribution in [0.15, 0.2) is 71.3 Å². The summed E-state index contributed by atoms with van der Waals surface area (Å²) >= 11 is 0. The van der Waals surface area contributed by atoms with Crippen molar-refractivity contribution in [3.8, 4) is 0 Å². The second kappa shape index (κ2) is 7.49. The van der Waals surface area contributed by atoms with Gasteiger partial charge in [-0.05, 0) is 55.5 Å². The average Bonchev–Trinajstić information content (AvgIpc) is 3.14. The van der Waals surface area contributed by atoms with Crippen LogP contribution in [0.2, 0.25) is 0 Å². The minimum absolute atomic E-state index is 0.185. The van der Waals surface area contributed by atoms with E-state index >= 15 is 0 Å². The molecule has 0 fully saturated rings. The third kappa shape index (κ3) is 4.35. The van der Waals surface area contributed by atoms with Gasteiger partial charge in [-0.15, -0.1) is 0 Å². The van der Waals surface area contributed by atoms with E-state index in [1.165, 1.54) is 0 Å². The lowest BCUT2D eigenvalue weighted by atomic mass is 10.1. The van der Waals surface area contributed by atoms with E-state index in [9.17, 15) is 9.59 Å². The smallest absolute Gasteiger partial charge is 0.255 e. The number of carbonyl (C=O) groups excluding carboxylic acids is 2. The van der Waals surface area contributed by atoms with E-state index in [1.807, 2.05) is 19.1 Å². The molecule has 1 heterocycles. The Labute approximate surface area is 145 Å². The molecule has 126 valence electrons. The van der Waals surface area contributed by atoms with Crippen molar-refractivity contribution in [2.24, 2.45) is 0 Å². The van der Waals surface area contributed by atoms with Crippen LogP contribution >= 0.6 is 0 Å². The Morgan fingerprint density at radius 1 is 0.880 bits per heavy atom. The Morgan fingerprint density at radius 3 is 2.16 bits per heavy atom. The number of benzene rings is 2. The van der Waals surface area contributed by atoms with Crippen molar-refractivity contribution in [2.45, 2.75) is 13.5 Å². The summed E-state index contributed by atoms with van der Waals surface area (Å²) in [7, 11) is 0. The zero-order valence-electron chi connectivity index (χ0n) is 13.8. The predicted molar refractivity (Wildman–Crippen MR) is 95.5 cm³/mol. The van der Waals surface area contributed by atoms with Gasteiger partial charge in [-0.1, -0.05) is 17.7 Å². The molecule has 0 radical (unpaired) electrons. The molecule has 0 aliphatic heterocycles. The van der Waals surface area contributed by atoms with Crippen molar-refractivity contribution >= 4 is 17.5 Å². The maximum absolute atomic E-state index is 12.2. The molecular weight excluding hydrogens is 316 g/mol. The molecule has 2 amide bonds. The van der Waals surface area contributed by atoms with Crippen molar-refractivity contribution in [2.75, 3.05) is 5.32 Å². The van der Waals surface area contributed by atoms with Crippen LogP contribution < -0.4 is 10.6 Å². The zero-order valence-corrected chi connectivity index (χ0v) is 13.8. The van der Waals surface area contributed by atoms with Crippen LogP contribution in [-0.2, 0) is 6.54 Å². The first-order valence-corrected chi connectivity index (χ1v) is 7.90. The molecule has 25 heavy (non-hydrogen) atoms. The van der Waals surface area contributed by atoms with E-state index < -0.39 is 0 Å². The molecule has 0 unspecified atom stereocenters. The molecule has 0 spiro atoms. The first kappa shape index (κ1) is 16.5. The van der Waals surface area contributed by atoms with Crippen molar-refractivity contribution < 1.29 is 14.0 Å². The van der Waals surface area contributed by atoms with Crippen LogP contribution in [0.25, 0.3) is 0 Å². The first-order chi connectivity index (χ1) is 12.1. The molecule has 0 aliphatic rings. The fourth-order valence-electron chi connectivity index (χ4n) is 2.30. The van der Waals surface area contributed by atoms with Gasteiger partial charge in [0, 0.05) is 16.8 Å².